The molecule has 0 atom stereocenters. The van der Waals surface area contributed by atoms with E-state index in [0.717, 1.165) is 29.9 Å². The van der Waals surface area contributed by atoms with Crippen LogP contribution in [0.15, 0.2) is 59.4 Å². The molecule has 0 unspecified atom stereocenters. The van der Waals surface area contributed by atoms with Crippen molar-refractivity contribution in [1.29, 1.82) is 0 Å². The number of rotatable bonds is 7. The van der Waals surface area contributed by atoms with Crippen LogP contribution in [0.5, 0.6) is 5.75 Å². The zero-order valence-corrected chi connectivity index (χ0v) is 16.5. The summed E-state index contributed by atoms with van der Waals surface area (Å²) in [5.74, 6) is 1.42. The summed E-state index contributed by atoms with van der Waals surface area (Å²) in [5.41, 5.74) is 1.71. The van der Waals surface area contributed by atoms with Crippen LogP contribution in [0.4, 0.5) is 0 Å². The molecule has 0 N–H and O–H groups in total. The van der Waals surface area contributed by atoms with Gasteiger partial charge in [-0.25, -0.2) is 0 Å². The van der Waals surface area contributed by atoms with Crippen molar-refractivity contribution < 1.29 is 4.74 Å². The second-order valence-corrected chi connectivity index (χ2v) is 7.55. The zero-order valence-electron chi connectivity index (χ0n) is 15.7. The molecule has 0 aliphatic rings. The molecule has 6 heteroatoms. The van der Waals surface area contributed by atoms with Gasteiger partial charge in [-0.15, -0.1) is 5.10 Å². The van der Waals surface area contributed by atoms with Crippen molar-refractivity contribution in [3.63, 3.8) is 0 Å². The predicted molar refractivity (Wildman–Crippen MR) is 113 cm³/mol. The molecule has 0 saturated carbocycles. The molecule has 0 saturated heterocycles. The summed E-state index contributed by atoms with van der Waals surface area (Å²) in [6.45, 7) is 2.91. The van der Waals surface area contributed by atoms with E-state index in [1.165, 1.54) is 28.7 Å². The molecule has 5 nitrogen and oxygen atoms in total. The number of aromatic nitrogens is 3. The molecule has 0 amide bonds. The van der Waals surface area contributed by atoms with Gasteiger partial charge in [0.15, 0.2) is 5.82 Å². The Bertz CT molecular complexity index is 1160. The van der Waals surface area contributed by atoms with Crippen molar-refractivity contribution in [2.75, 3.05) is 6.61 Å². The SMILES string of the molecule is CCCCCOc1ccc(/C=c2\sc3nc(-c4ccccc4)nn3c2=O)cc1. The second kappa shape index (κ2) is 8.35. The monoisotopic (exact) mass is 391 g/mol. The Hall–Kier alpha value is -2.99. The smallest absolute Gasteiger partial charge is 0.291 e. The van der Waals surface area contributed by atoms with Crippen LogP contribution in [-0.4, -0.2) is 21.2 Å². The number of nitrogens with zero attached hydrogens (tertiary/aromatic N) is 3. The third-order valence-electron chi connectivity index (χ3n) is 4.41. The van der Waals surface area contributed by atoms with Gasteiger partial charge in [-0.3, -0.25) is 4.79 Å². The quantitative estimate of drug-likeness (QED) is 0.448. The molecular formula is C22H21N3O2S. The lowest BCUT2D eigenvalue weighted by Gasteiger charge is -2.05. The minimum atomic E-state index is -0.144. The maximum atomic E-state index is 12.7. The van der Waals surface area contributed by atoms with Gasteiger partial charge in [-0.1, -0.05) is 73.6 Å². The van der Waals surface area contributed by atoms with Gasteiger partial charge in [0.1, 0.15) is 5.75 Å². The van der Waals surface area contributed by atoms with Crippen LogP contribution in [0.1, 0.15) is 31.7 Å². The van der Waals surface area contributed by atoms with Crippen LogP contribution >= 0.6 is 11.3 Å². The lowest BCUT2D eigenvalue weighted by atomic mass is 10.2. The number of benzene rings is 2. The van der Waals surface area contributed by atoms with E-state index in [1.54, 1.807) is 0 Å². The molecule has 4 aromatic rings. The van der Waals surface area contributed by atoms with Gasteiger partial charge >= 0.3 is 0 Å². The van der Waals surface area contributed by atoms with Crippen molar-refractivity contribution in [2.45, 2.75) is 26.2 Å². The molecule has 0 aliphatic heterocycles. The predicted octanol–water partition coefficient (Wildman–Crippen LogP) is 3.93. The summed E-state index contributed by atoms with van der Waals surface area (Å²) >= 11 is 1.35. The molecule has 2 aromatic heterocycles. The van der Waals surface area contributed by atoms with Crippen LogP contribution < -0.4 is 14.8 Å². The first kappa shape index (κ1) is 18.4. The molecule has 2 heterocycles. The van der Waals surface area contributed by atoms with Crippen LogP contribution in [-0.2, 0) is 0 Å². The Morgan fingerprint density at radius 1 is 1.07 bits per heavy atom. The van der Waals surface area contributed by atoms with Gasteiger partial charge in [0.2, 0.25) is 4.96 Å². The van der Waals surface area contributed by atoms with Gasteiger partial charge in [-0.05, 0) is 30.2 Å². The Kier molecular flexibility index (Phi) is 5.48. The highest BCUT2D eigenvalue weighted by Gasteiger charge is 2.11. The van der Waals surface area contributed by atoms with Crippen molar-refractivity contribution >= 4 is 22.4 Å². The van der Waals surface area contributed by atoms with Crippen molar-refractivity contribution in [2.24, 2.45) is 0 Å². The fourth-order valence-corrected chi connectivity index (χ4v) is 3.80. The molecule has 0 aliphatic carbocycles. The lowest BCUT2D eigenvalue weighted by molar-refractivity contribution is 0.306. The van der Waals surface area contributed by atoms with Gasteiger partial charge < -0.3 is 4.74 Å². The Labute approximate surface area is 166 Å². The lowest BCUT2D eigenvalue weighted by Crippen LogP contribution is -2.23. The van der Waals surface area contributed by atoms with E-state index in [0.29, 0.717) is 15.3 Å². The molecule has 142 valence electrons. The van der Waals surface area contributed by atoms with E-state index in [9.17, 15) is 4.79 Å². The summed E-state index contributed by atoms with van der Waals surface area (Å²) in [5, 5.41) is 4.37. The zero-order chi connectivity index (χ0) is 19.3. The average Bonchev–Trinajstić information content (AvgIpc) is 3.27. The maximum Gasteiger partial charge on any atom is 0.291 e. The first-order valence-electron chi connectivity index (χ1n) is 9.44. The number of hydrogen-bond acceptors (Lipinski definition) is 5. The first-order chi connectivity index (χ1) is 13.7. The fraction of sp³-hybridized carbons (Fsp3) is 0.227. The van der Waals surface area contributed by atoms with Crippen molar-refractivity contribution in [3.8, 4) is 17.1 Å². The van der Waals surface area contributed by atoms with Crippen LogP contribution in [0.3, 0.4) is 0 Å². The number of ether oxygens (including phenoxy) is 1. The highest BCUT2D eigenvalue weighted by atomic mass is 32.1. The molecule has 0 radical (unpaired) electrons. The molecule has 0 fully saturated rings. The van der Waals surface area contributed by atoms with E-state index < -0.39 is 0 Å². The highest BCUT2D eigenvalue weighted by molar-refractivity contribution is 7.15. The number of fused-ring (bicyclic) bond motifs is 1. The highest BCUT2D eigenvalue weighted by Crippen LogP contribution is 2.16. The largest absolute Gasteiger partial charge is 0.494 e. The molecule has 28 heavy (non-hydrogen) atoms. The maximum absolute atomic E-state index is 12.7. The number of hydrogen-bond donors (Lipinski definition) is 0. The summed E-state index contributed by atoms with van der Waals surface area (Å²) in [6, 6.07) is 17.5. The molecule has 0 spiro atoms. The van der Waals surface area contributed by atoms with Crippen molar-refractivity contribution in [3.05, 3.63) is 75.0 Å². The first-order valence-corrected chi connectivity index (χ1v) is 10.3. The Morgan fingerprint density at radius 2 is 1.86 bits per heavy atom. The van der Waals surface area contributed by atoms with E-state index in [1.807, 2.05) is 60.7 Å². The van der Waals surface area contributed by atoms with Gasteiger partial charge in [0, 0.05) is 5.56 Å². The summed E-state index contributed by atoms with van der Waals surface area (Å²) in [4.78, 5) is 17.8. The number of thiazole rings is 1. The second-order valence-electron chi connectivity index (χ2n) is 6.54. The van der Waals surface area contributed by atoms with Crippen LogP contribution in [0.2, 0.25) is 0 Å². The average molecular weight is 391 g/mol. The normalized spacial score (nSPS) is 12.0. The minimum absolute atomic E-state index is 0.144. The molecule has 0 bridgehead atoms. The standard InChI is InChI=1S/C22H21N3O2S/c1-2-3-7-14-27-18-12-10-16(11-13-18)15-19-21(26)25-22(28-19)23-20(24-25)17-8-5-4-6-9-17/h4-6,8-13,15H,2-3,7,14H2,1H3/b19-15-. The topological polar surface area (TPSA) is 56.5 Å². The van der Waals surface area contributed by atoms with E-state index in [-0.39, 0.29) is 5.56 Å². The Morgan fingerprint density at radius 3 is 2.57 bits per heavy atom. The van der Waals surface area contributed by atoms with E-state index in [4.69, 9.17) is 4.74 Å². The third-order valence-corrected chi connectivity index (χ3v) is 5.37. The van der Waals surface area contributed by atoms with Crippen LogP contribution in [0.25, 0.3) is 22.4 Å². The molecular weight excluding hydrogens is 370 g/mol. The van der Waals surface area contributed by atoms with Gasteiger partial charge in [0.25, 0.3) is 5.56 Å². The van der Waals surface area contributed by atoms with Crippen LogP contribution in [0, 0.1) is 0 Å². The number of unbranched alkanes of at least 4 members (excludes halogenated alkanes) is 2. The summed E-state index contributed by atoms with van der Waals surface area (Å²) in [6.07, 6.45) is 5.29. The van der Waals surface area contributed by atoms with E-state index in [2.05, 4.69) is 17.0 Å². The molecule has 2 aromatic carbocycles. The summed E-state index contributed by atoms with van der Waals surface area (Å²) in [7, 11) is 0. The van der Waals surface area contributed by atoms with E-state index >= 15 is 0 Å². The fourth-order valence-electron chi connectivity index (χ4n) is 2.90. The molecule has 4 rings (SSSR count). The van der Waals surface area contributed by atoms with Gasteiger partial charge in [0.05, 0.1) is 11.1 Å². The minimum Gasteiger partial charge on any atom is -0.494 e. The summed E-state index contributed by atoms with van der Waals surface area (Å²) < 4.78 is 7.73. The third kappa shape index (κ3) is 3.97. The Balaban J connectivity index is 1.55. The van der Waals surface area contributed by atoms with Crippen molar-refractivity contribution in [1.82, 2.24) is 14.6 Å². The van der Waals surface area contributed by atoms with Gasteiger partial charge in [-0.2, -0.15) is 9.50 Å².